The van der Waals surface area contributed by atoms with Crippen molar-refractivity contribution < 1.29 is 19.6 Å². The Morgan fingerprint density at radius 3 is 2.59 bits per heavy atom. The van der Waals surface area contributed by atoms with E-state index in [4.69, 9.17) is 10.8 Å². The van der Waals surface area contributed by atoms with E-state index in [1.807, 2.05) is 0 Å². The quantitative estimate of drug-likeness (QED) is 0.495. The first-order valence-electron chi connectivity index (χ1n) is 4.45. The summed E-state index contributed by atoms with van der Waals surface area (Å²) in [5, 5.41) is 21.8. The molecule has 0 radical (unpaired) electrons. The van der Waals surface area contributed by atoms with Crippen LogP contribution in [0.15, 0.2) is 18.2 Å². The lowest BCUT2D eigenvalue weighted by Gasteiger charge is -2.05. The number of rotatable bonds is 5. The maximum Gasteiger partial charge on any atom is 0.335 e. The number of nitrogens with two attached hydrogens (primary N) is 1. The molecule has 0 bridgehead atoms. The van der Waals surface area contributed by atoms with Crippen molar-refractivity contribution >= 4 is 23.3 Å². The third-order valence-corrected chi connectivity index (χ3v) is 1.89. The van der Waals surface area contributed by atoms with Gasteiger partial charge in [0.25, 0.3) is 5.69 Å². The highest BCUT2D eigenvalue weighted by atomic mass is 16.6. The SMILES string of the molecule is NC(=O)CNc1cc(C(=O)O)ccc1[N+](=O)[O-]. The summed E-state index contributed by atoms with van der Waals surface area (Å²) < 4.78 is 0. The summed E-state index contributed by atoms with van der Waals surface area (Å²) in [5.41, 5.74) is 4.37. The highest BCUT2D eigenvalue weighted by Crippen LogP contribution is 2.25. The number of benzene rings is 1. The fourth-order valence-corrected chi connectivity index (χ4v) is 1.15. The monoisotopic (exact) mass is 239 g/mol. The molecule has 0 spiro atoms. The van der Waals surface area contributed by atoms with Crippen molar-refractivity contribution in [1.82, 2.24) is 0 Å². The molecule has 0 aromatic heterocycles. The van der Waals surface area contributed by atoms with Crippen molar-refractivity contribution in [2.45, 2.75) is 0 Å². The number of carboxylic acid groups (broad SMARTS) is 1. The molecule has 1 aromatic rings. The van der Waals surface area contributed by atoms with Crippen molar-refractivity contribution in [2.24, 2.45) is 5.73 Å². The van der Waals surface area contributed by atoms with Crippen LogP contribution in [-0.4, -0.2) is 28.5 Å². The van der Waals surface area contributed by atoms with Crippen LogP contribution in [0.3, 0.4) is 0 Å². The lowest BCUT2D eigenvalue weighted by molar-refractivity contribution is -0.383. The largest absolute Gasteiger partial charge is 0.478 e. The third-order valence-electron chi connectivity index (χ3n) is 1.89. The maximum atomic E-state index is 10.7. The predicted octanol–water partition coefficient (Wildman–Crippen LogP) is 0.190. The second-order valence-corrected chi connectivity index (χ2v) is 3.11. The molecular weight excluding hydrogens is 230 g/mol. The molecular formula is C9H9N3O5. The second-order valence-electron chi connectivity index (χ2n) is 3.11. The van der Waals surface area contributed by atoms with E-state index in [0.717, 1.165) is 18.2 Å². The molecule has 0 saturated heterocycles. The average molecular weight is 239 g/mol. The van der Waals surface area contributed by atoms with Gasteiger partial charge in [-0.15, -0.1) is 0 Å². The van der Waals surface area contributed by atoms with E-state index >= 15 is 0 Å². The zero-order valence-corrected chi connectivity index (χ0v) is 8.54. The number of aromatic carboxylic acids is 1. The van der Waals surface area contributed by atoms with Crippen LogP contribution in [-0.2, 0) is 4.79 Å². The number of primary amides is 1. The molecule has 0 aliphatic heterocycles. The summed E-state index contributed by atoms with van der Waals surface area (Å²) in [5.74, 6) is -1.93. The standard InChI is InChI=1S/C9H9N3O5/c10-8(13)4-11-6-3-5(9(14)15)1-2-7(6)12(16)17/h1-3,11H,4H2,(H2,10,13)(H,14,15). The van der Waals surface area contributed by atoms with Crippen molar-refractivity contribution in [3.63, 3.8) is 0 Å². The van der Waals surface area contributed by atoms with E-state index in [0.29, 0.717) is 0 Å². The van der Waals surface area contributed by atoms with E-state index in [9.17, 15) is 19.7 Å². The first-order valence-corrected chi connectivity index (χ1v) is 4.45. The molecule has 8 nitrogen and oxygen atoms in total. The molecule has 0 aliphatic rings. The molecule has 0 atom stereocenters. The number of nitro groups is 1. The highest BCUT2D eigenvalue weighted by Gasteiger charge is 2.16. The Labute approximate surface area is 95.2 Å². The van der Waals surface area contributed by atoms with Gasteiger partial charge in [-0.1, -0.05) is 0 Å². The van der Waals surface area contributed by atoms with Crippen LogP contribution in [0.25, 0.3) is 0 Å². The molecule has 0 aliphatic carbocycles. The van der Waals surface area contributed by atoms with Crippen molar-refractivity contribution in [3.05, 3.63) is 33.9 Å². The first-order chi connectivity index (χ1) is 7.91. The summed E-state index contributed by atoms with van der Waals surface area (Å²) in [4.78, 5) is 31.2. The fraction of sp³-hybridized carbons (Fsp3) is 0.111. The fourth-order valence-electron chi connectivity index (χ4n) is 1.15. The van der Waals surface area contributed by atoms with Crippen molar-refractivity contribution in [2.75, 3.05) is 11.9 Å². The van der Waals surface area contributed by atoms with E-state index in [2.05, 4.69) is 5.32 Å². The second kappa shape index (κ2) is 4.92. The predicted molar refractivity (Wildman–Crippen MR) is 57.7 cm³/mol. The van der Waals surface area contributed by atoms with E-state index in [1.165, 1.54) is 0 Å². The summed E-state index contributed by atoms with van der Waals surface area (Å²) in [6.07, 6.45) is 0. The number of amides is 1. The molecule has 8 heteroatoms. The van der Waals surface area contributed by atoms with Gasteiger partial charge in [0.1, 0.15) is 5.69 Å². The lowest BCUT2D eigenvalue weighted by Crippen LogP contribution is -2.22. The van der Waals surface area contributed by atoms with E-state index in [-0.39, 0.29) is 23.5 Å². The van der Waals surface area contributed by atoms with Gasteiger partial charge in [-0.3, -0.25) is 14.9 Å². The molecule has 1 aromatic carbocycles. The van der Waals surface area contributed by atoms with Crippen LogP contribution >= 0.6 is 0 Å². The van der Waals surface area contributed by atoms with Gasteiger partial charge in [0.2, 0.25) is 5.91 Å². The van der Waals surface area contributed by atoms with Crippen LogP contribution in [0, 0.1) is 10.1 Å². The summed E-state index contributed by atoms with van der Waals surface area (Å²) >= 11 is 0. The zero-order valence-electron chi connectivity index (χ0n) is 8.54. The van der Waals surface area contributed by atoms with Crippen LogP contribution in [0.1, 0.15) is 10.4 Å². The van der Waals surface area contributed by atoms with Gasteiger partial charge in [-0.2, -0.15) is 0 Å². The Kier molecular flexibility index (Phi) is 3.60. The zero-order chi connectivity index (χ0) is 13.0. The highest BCUT2D eigenvalue weighted by molar-refractivity contribution is 5.90. The van der Waals surface area contributed by atoms with E-state index < -0.39 is 16.8 Å². The lowest BCUT2D eigenvalue weighted by atomic mass is 10.1. The minimum Gasteiger partial charge on any atom is -0.478 e. The normalized spacial score (nSPS) is 9.65. The van der Waals surface area contributed by atoms with Crippen LogP contribution in [0.2, 0.25) is 0 Å². The number of nitrogens with one attached hydrogen (secondary N) is 1. The van der Waals surface area contributed by atoms with Gasteiger partial charge in [0, 0.05) is 6.07 Å². The van der Waals surface area contributed by atoms with E-state index in [1.54, 1.807) is 0 Å². The van der Waals surface area contributed by atoms with Gasteiger partial charge in [0.15, 0.2) is 0 Å². The number of hydrogen-bond donors (Lipinski definition) is 3. The summed E-state index contributed by atoms with van der Waals surface area (Å²) in [6.45, 7) is -0.316. The van der Waals surface area contributed by atoms with Gasteiger partial charge >= 0.3 is 5.97 Å². The number of carbonyl (C=O) groups is 2. The third kappa shape index (κ3) is 3.16. The molecule has 1 rings (SSSR count). The number of nitro benzene ring substituents is 1. The minimum atomic E-state index is -1.22. The van der Waals surface area contributed by atoms with Crippen LogP contribution in [0.4, 0.5) is 11.4 Å². The average Bonchev–Trinajstić information content (AvgIpc) is 2.25. The Balaban J connectivity index is 3.11. The molecule has 4 N–H and O–H groups in total. The minimum absolute atomic E-state index is 0.0614. The molecule has 17 heavy (non-hydrogen) atoms. The van der Waals surface area contributed by atoms with Crippen molar-refractivity contribution in [1.29, 1.82) is 0 Å². The van der Waals surface area contributed by atoms with Gasteiger partial charge in [-0.05, 0) is 12.1 Å². The molecule has 1 amide bonds. The van der Waals surface area contributed by atoms with Crippen LogP contribution < -0.4 is 11.1 Å². The number of carboxylic acids is 1. The van der Waals surface area contributed by atoms with Gasteiger partial charge in [-0.25, -0.2) is 4.79 Å². The smallest absolute Gasteiger partial charge is 0.335 e. The molecule has 0 heterocycles. The number of carbonyl (C=O) groups excluding carboxylic acids is 1. The number of nitrogens with zero attached hydrogens (tertiary/aromatic N) is 1. The van der Waals surface area contributed by atoms with Crippen LogP contribution in [0.5, 0.6) is 0 Å². The topological polar surface area (TPSA) is 136 Å². The summed E-state index contributed by atoms with van der Waals surface area (Å²) in [6, 6.07) is 3.23. The Morgan fingerprint density at radius 1 is 1.47 bits per heavy atom. The maximum absolute atomic E-state index is 10.7. The Bertz CT molecular complexity index is 486. The van der Waals surface area contributed by atoms with Gasteiger partial charge in [0.05, 0.1) is 17.0 Å². The van der Waals surface area contributed by atoms with Gasteiger partial charge < -0.3 is 16.2 Å². The number of hydrogen-bond acceptors (Lipinski definition) is 5. The molecule has 0 fully saturated rings. The molecule has 0 unspecified atom stereocenters. The summed E-state index contributed by atoms with van der Waals surface area (Å²) in [7, 11) is 0. The molecule has 90 valence electrons. The first kappa shape index (κ1) is 12.4. The van der Waals surface area contributed by atoms with Crippen molar-refractivity contribution in [3.8, 4) is 0 Å². The molecule has 0 saturated carbocycles. The number of anilines is 1. The Morgan fingerprint density at radius 2 is 2.12 bits per heavy atom. The Hall–Kier alpha value is -2.64.